The molecule has 0 bridgehead atoms. The van der Waals surface area contributed by atoms with Gasteiger partial charge in [0.25, 0.3) is 0 Å². The van der Waals surface area contributed by atoms with Crippen LogP contribution in [0.1, 0.15) is 12.8 Å². The summed E-state index contributed by atoms with van der Waals surface area (Å²) in [5, 5.41) is 9.93. The Labute approximate surface area is 81.3 Å². The fourth-order valence-electron chi connectivity index (χ4n) is 1.14. The van der Waals surface area contributed by atoms with Gasteiger partial charge in [0.2, 0.25) is 0 Å². The van der Waals surface area contributed by atoms with Gasteiger partial charge in [-0.05, 0) is 18.9 Å². The summed E-state index contributed by atoms with van der Waals surface area (Å²) in [6, 6.07) is 0. The highest BCUT2D eigenvalue weighted by molar-refractivity contribution is 5.89. The van der Waals surface area contributed by atoms with Crippen molar-refractivity contribution in [3.05, 3.63) is 12.2 Å². The summed E-state index contributed by atoms with van der Waals surface area (Å²) >= 11 is 0. The molecule has 14 heavy (non-hydrogen) atoms. The highest BCUT2D eigenvalue weighted by Gasteiger charge is 2.16. The third-order valence-corrected chi connectivity index (χ3v) is 1.79. The minimum absolute atomic E-state index is 0.0460. The molecule has 1 aliphatic rings. The maximum Gasteiger partial charge on any atom is 0.330 e. The summed E-state index contributed by atoms with van der Waals surface area (Å²) in [5.41, 5.74) is 0. The number of carbonyl (C=O) groups is 2. The molecule has 0 spiro atoms. The van der Waals surface area contributed by atoms with E-state index in [0.717, 1.165) is 18.9 Å². The first-order valence-electron chi connectivity index (χ1n) is 4.36. The molecular weight excluding hydrogens is 188 g/mol. The smallest absolute Gasteiger partial charge is 0.330 e. The molecule has 1 heterocycles. The molecule has 1 fully saturated rings. The zero-order valence-corrected chi connectivity index (χ0v) is 7.60. The fourth-order valence-corrected chi connectivity index (χ4v) is 1.14. The lowest BCUT2D eigenvalue weighted by atomic mass is 10.2. The van der Waals surface area contributed by atoms with E-state index in [0.29, 0.717) is 12.7 Å². The van der Waals surface area contributed by atoms with Crippen LogP contribution in [0.15, 0.2) is 12.2 Å². The van der Waals surface area contributed by atoms with Crippen molar-refractivity contribution in [2.45, 2.75) is 18.9 Å². The predicted octanol–water partition coefficient (Wildman–Crippen LogP) is -0.985. The monoisotopic (exact) mass is 199 g/mol. The summed E-state index contributed by atoms with van der Waals surface area (Å²) in [4.78, 5) is 20.8. The van der Waals surface area contributed by atoms with Crippen molar-refractivity contribution >= 4 is 11.9 Å². The number of rotatable bonds is 4. The summed E-state index contributed by atoms with van der Waals surface area (Å²) in [6.07, 6.45) is 3.26. The van der Waals surface area contributed by atoms with Crippen molar-refractivity contribution in [1.29, 1.82) is 0 Å². The van der Waals surface area contributed by atoms with Gasteiger partial charge in [-0.2, -0.15) is 0 Å². The van der Waals surface area contributed by atoms with E-state index in [2.05, 4.69) is 0 Å². The van der Waals surface area contributed by atoms with E-state index in [-0.39, 0.29) is 12.7 Å². The highest BCUT2D eigenvalue weighted by atomic mass is 16.6. The van der Waals surface area contributed by atoms with Gasteiger partial charge in [0.05, 0.1) is 12.1 Å². The topological polar surface area (TPSA) is 75.7 Å². The van der Waals surface area contributed by atoms with Gasteiger partial charge in [-0.1, -0.05) is 0 Å². The Morgan fingerprint density at radius 2 is 2.29 bits per heavy atom. The molecule has 0 saturated carbocycles. The average Bonchev–Trinajstić information content (AvgIpc) is 2.63. The van der Waals surface area contributed by atoms with Crippen LogP contribution in [0.5, 0.6) is 0 Å². The standard InChI is InChI=1S/C9H12O5/c10-8(11)3-4-9(12)14-6-7-2-1-5-13-7/h3-4,7H,1-2,5-6H2,(H,10,11)/p-1/b4-3+/t7-/m1/s1. The molecule has 0 aliphatic carbocycles. The molecule has 5 heteroatoms. The van der Waals surface area contributed by atoms with Crippen LogP contribution in [0.2, 0.25) is 0 Å². The van der Waals surface area contributed by atoms with E-state index in [1.807, 2.05) is 0 Å². The second kappa shape index (κ2) is 5.39. The number of carbonyl (C=O) groups excluding carboxylic acids is 2. The van der Waals surface area contributed by atoms with Crippen molar-refractivity contribution < 1.29 is 24.2 Å². The van der Waals surface area contributed by atoms with Crippen LogP contribution in [-0.4, -0.2) is 31.3 Å². The molecular formula is C9H11O5-. The molecule has 1 aliphatic heterocycles. The first-order chi connectivity index (χ1) is 6.68. The summed E-state index contributed by atoms with van der Waals surface area (Å²) in [6.45, 7) is 0.868. The first-order valence-corrected chi connectivity index (χ1v) is 4.36. The lowest BCUT2D eigenvalue weighted by molar-refractivity contribution is -0.297. The number of hydrogen-bond donors (Lipinski definition) is 0. The van der Waals surface area contributed by atoms with Crippen LogP contribution < -0.4 is 5.11 Å². The SMILES string of the molecule is O=C([O-])/C=C/C(=O)OC[C@H]1CCCO1. The van der Waals surface area contributed by atoms with Gasteiger partial charge >= 0.3 is 5.97 Å². The molecule has 0 aromatic heterocycles. The second-order valence-electron chi connectivity index (χ2n) is 2.92. The van der Waals surface area contributed by atoms with Gasteiger partial charge in [0.15, 0.2) is 0 Å². The fraction of sp³-hybridized carbons (Fsp3) is 0.556. The molecule has 0 N–H and O–H groups in total. The van der Waals surface area contributed by atoms with Crippen molar-refractivity contribution in [1.82, 2.24) is 0 Å². The zero-order chi connectivity index (χ0) is 10.4. The van der Waals surface area contributed by atoms with Crippen LogP contribution in [0.25, 0.3) is 0 Å². The Morgan fingerprint density at radius 3 is 2.86 bits per heavy atom. The second-order valence-corrected chi connectivity index (χ2v) is 2.92. The Hall–Kier alpha value is -1.36. The van der Waals surface area contributed by atoms with Crippen molar-refractivity contribution in [2.75, 3.05) is 13.2 Å². The number of carboxylic acids is 1. The largest absolute Gasteiger partial charge is 0.545 e. The van der Waals surface area contributed by atoms with Crippen molar-refractivity contribution in [2.24, 2.45) is 0 Å². The molecule has 78 valence electrons. The van der Waals surface area contributed by atoms with Crippen LogP contribution in [-0.2, 0) is 19.1 Å². The van der Waals surface area contributed by atoms with Crippen LogP contribution in [0.4, 0.5) is 0 Å². The number of carboxylic acid groups (broad SMARTS) is 1. The molecule has 5 nitrogen and oxygen atoms in total. The Morgan fingerprint density at radius 1 is 1.50 bits per heavy atom. The maximum atomic E-state index is 10.8. The summed E-state index contributed by atoms with van der Waals surface area (Å²) < 4.78 is 9.93. The van der Waals surface area contributed by atoms with Gasteiger partial charge in [0, 0.05) is 12.7 Å². The van der Waals surface area contributed by atoms with Gasteiger partial charge < -0.3 is 19.4 Å². The van der Waals surface area contributed by atoms with Gasteiger partial charge in [0.1, 0.15) is 6.61 Å². The lowest BCUT2D eigenvalue weighted by Crippen LogP contribution is -2.20. The summed E-state index contributed by atoms with van der Waals surface area (Å²) in [5.74, 6) is -2.11. The zero-order valence-electron chi connectivity index (χ0n) is 7.60. The molecule has 0 unspecified atom stereocenters. The third kappa shape index (κ3) is 4.04. The van der Waals surface area contributed by atoms with Crippen molar-refractivity contribution in [3.63, 3.8) is 0 Å². The average molecular weight is 199 g/mol. The molecule has 0 radical (unpaired) electrons. The number of aliphatic carboxylic acids is 1. The molecule has 0 aromatic carbocycles. The van der Waals surface area contributed by atoms with E-state index in [4.69, 9.17) is 9.47 Å². The van der Waals surface area contributed by atoms with Gasteiger partial charge in [-0.15, -0.1) is 0 Å². The van der Waals surface area contributed by atoms with Crippen LogP contribution in [0, 0.1) is 0 Å². The Bertz CT molecular complexity index is 240. The molecule has 1 saturated heterocycles. The van der Waals surface area contributed by atoms with E-state index >= 15 is 0 Å². The predicted molar refractivity (Wildman–Crippen MR) is 44.1 cm³/mol. The minimum atomic E-state index is -1.42. The normalized spacial score (nSPS) is 21.3. The van der Waals surface area contributed by atoms with E-state index in [1.54, 1.807) is 0 Å². The molecule has 1 atom stereocenters. The molecule has 0 amide bonds. The minimum Gasteiger partial charge on any atom is -0.545 e. The highest BCUT2D eigenvalue weighted by Crippen LogP contribution is 2.11. The van der Waals surface area contributed by atoms with E-state index in [1.165, 1.54) is 0 Å². The summed E-state index contributed by atoms with van der Waals surface area (Å²) in [7, 11) is 0. The Kier molecular flexibility index (Phi) is 4.12. The van der Waals surface area contributed by atoms with E-state index in [9.17, 15) is 14.7 Å². The van der Waals surface area contributed by atoms with Crippen LogP contribution in [0.3, 0.4) is 0 Å². The number of hydrogen-bond acceptors (Lipinski definition) is 5. The van der Waals surface area contributed by atoms with Gasteiger partial charge in [-0.3, -0.25) is 0 Å². The number of ether oxygens (including phenoxy) is 2. The number of esters is 1. The van der Waals surface area contributed by atoms with Crippen molar-refractivity contribution in [3.8, 4) is 0 Å². The Balaban J connectivity index is 2.17. The van der Waals surface area contributed by atoms with E-state index < -0.39 is 11.9 Å². The maximum absolute atomic E-state index is 10.8. The first kappa shape index (κ1) is 10.7. The van der Waals surface area contributed by atoms with Gasteiger partial charge in [-0.25, -0.2) is 4.79 Å². The lowest BCUT2D eigenvalue weighted by Gasteiger charge is -2.08. The molecule has 1 rings (SSSR count). The quantitative estimate of drug-likeness (QED) is 0.429. The third-order valence-electron chi connectivity index (χ3n) is 1.79. The molecule has 0 aromatic rings. The van der Waals surface area contributed by atoms with Crippen LogP contribution >= 0.6 is 0 Å².